The maximum Gasteiger partial charge on any atom is 0.330 e. The molecule has 5 heteroatoms. The second-order valence-corrected chi connectivity index (χ2v) is 4.27. The lowest BCUT2D eigenvalue weighted by Crippen LogP contribution is -2.34. The van der Waals surface area contributed by atoms with Gasteiger partial charge in [0, 0.05) is 12.5 Å². The van der Waals surface area contributed by atoms with Gasteiger partial charge in [-0.15, -0.1) is 0 Å². The highest BCUT2D eigenvalue weighted by Crippen LogP contribution is 2.13. The van der Waals surface area contributed by atoms with Crippen molar-refractivity contribution in [2.45, 2.75) is 31.8 Å². The predicted octanol–water partition coefficient (Wildman–Crippen LogP) is 1.06. The first-order valence-corrected chi connectivity index (χ1v) is 5.83. The lowest BCUT2D eigenvalue weighted by molar-refractivity contribution is -0.142. The van der Waals surface area contributed by atoms with Gasteiger partial charge in [-0.1, -0.05) is 30.3 Å². The van der Waals surface area contributed by atoms with Crippen LogP contribution in [0, 0.1) is 0 Å². The molecule has 0 radical (unpaired) electrons. The van der Waals surface area contributed by atoms with E-state index in [0.717, 1.165) is 0 Å². The first kappa shape index (κ1) is 14.2. The summed E-state index contributed by atoms with van der Waals surface area (Å²) < 4.78 is 0. The van der Waals surface area contributed by atoms with E-state index in [0.29, 0.717) is 12.0 Å². The molecule has 1 aromatic rings. The number of carboxylic acids is 1. The van der Waals surface area contributed by atoms with Crippen molar-refractivity contribution in [3.8, 4) is 0 Å². The highest BCUT2D eigenvalue weighted by Gasteiger charge is 2.21. The van der Waals surface area contributed by atoms with Crippen LogP contribution in [0.5, 0.6) is 0 Å². The minimum absolute atomic E-state index is 0.0734. The normalized spacial score (nSPS) is 13.7. The van der Waals surface area contributed by atoms with Crippen molar-refractivity contribution in [3.05, 3.63) is 35.9 Å². The smallest absolute Gasteiger partial charge is 0.330 e. The van der Waals surface area contributed by atoms with Gasteiger partial charge < -0.3 is 16.2 Å². The van der Waals surface area contributed by atoms with Gasteiger partial charge in [0.25, 0.3) is 0 Å². The molecule has 0 aliphatic heterocycles. The second kappa shape index (κ2) is 6.76. The molecule has 1 rings (SSSR count). The van der Waals surface area contributed by atoms with Crippen LogP contribution < -0.4 is 11.1 Å². The molecule has 98 valence electrons. The molecule has 4 N–H and O–H groups in total. The summed E-state index contributed by atoms with van der Waals surface area (Å²) in [5.74, 6) is -1.38. The first-order chi connectivity index (χ1) is 8.50. The Hall–Kier alpha value is -1.88. The van der Waals surface area contributed by atoms with E-state index in [1.165, 1.54) is 0 Å². The van der Waals surface area contributed by atoms with Crippen molar-refractivity contribution >= 4 is 11.9 Å². The van der Waals surface area contributed by atoms with E-state index >= 15 is 0 Å². The second-order valence-electron chi connectivity index (χ2n) is 4.27. The molecule has 0 aliphatic carbocycles. The molecule has 0 saturated carbocycles. The Bertz CT molecular complexity index is 404. The average molecular weight is 250 g/mol. The van der Waals surface area contributed by atoms with Crippen LogP contribution >= 0.6 is 0 Å². The van der Waals surface area contributed by atoms with Crippen LogP contribution in [0.25, 0.3) is 0 Å². The quantitative estimate of drug-likeness (QED) is 0.703. The third-order valence-electron chi connectivity index (χ3n) is 2.51. The Morgan fingerprint density at radius 2 is 1.94 bits per heavy atom. The Kier molecular flexibility index (Phi) is 5.32. The Balaban J connectivity index is 2.65. The number of nitrogens with one attached hydrogen (secondary N) is 1. The number of amides is 1. The highest BCUT2D eigenvalue weighted by molar-refractivity contribution is 5.84. The van der Waals surface area contributed by atoms with Crippen LogP contribution in [0.3, 0.4) is 0 Å². The fourth-order valence-electron chi connectivity index (χ4n) is 1.53. The molecule has 1 unspecified atom stereocenters. The number of aliphatic carboxylic acids is 1. The summed E-state index contributed by atoms with van der Waals surface area (Å²) in [5.41, 5.74) is 6.10. The Labute approximate surface area is 106 Å². The van der Waals surface area contributed by atoms with Crippen LogP contribution in [0.4, 0.5) is 0 Å². The molecule has 0 aliphatic rings. The number of rotatable bonds is 6. The van der Waals surface area contributed by atoms with E-state index < -0.39 is 12.0 Å². The summed E-state index contributed by atoms with van der Waals surface area (Å²) in [4.78, 5) is 22.7. The van der Waals surface area contributed by atoms with Crippen LogP contribution in [-0.2, 0) is 9.59 Å². The molecular formula is C13H18N2O3. The number of nitrogens with two attached hydrogens (primary N) is 1. The molecule has 0 heterocycles. The SMILES string of the molecule is CC(N)CCC(=O)N[C@H](C(=O)O)c1ccccc1. The highest BCUT2D eigenvalue weighted by atomic mass is 16.4. The summed E-state index contributed by atoms with van der Waals surface area (Å²) >= 11 is 0. The number of hydrogen-bond acceptors (Lipinski definition) is 3. The van der Waals surface area contributed by atoms with Crippen molar-refractivity contribution in [2.24, 2.45) is 5.73 Å². The summed E-state index contributed by atoms with van der Waals surface area (Å²) in [6.45, 7) is 1.80. The summed E-state index contributed by atoms with van der Waals surface area (Å²) in [7, 11) is 0. The summed E-state index contributed by atoms with van der Waals surface area (Å²) in [5, 5.41) is 11.6. The fraction of sp³-hybridized carbons (Fsp3) is 0.385. The Morgan fingerprint density at radius 3 is 2.44 bits per heavy atom. The summed E-state index contributed by atoms with van der Waals surface area (Å²) in [6.07, 6.45) is 0.765. The number of carbonyl (C=O) groups is 2. The van der Waals surface area contributed by atoms with Crippen molar-refractivity contribution in [3.63, 3.8) is 0 Å². The molecule has 0 spiro atoms. The van der Waals surface area contributed by atoms with Gasteiger partial charge >= 0.3 is 5.97 Å². The largest absolute Gasteiger partial charge is 0.479 e. The standard InChI is InChI=1S/C13H18N2O3/c1-9(14)7-8-11(16)15-12(13(17)18)10-5-3-2-4-6-10/h2-6,9,12H,7-8,14H2,1H3,(H,15,16)(H,17,18)/t9?,12-/m0/s1. The van der Waals surface area contributed by atoms with Gasteiger partial charge in [0.05, 0.1) is 0 Å². The monoisotopic (exact) mass is 250 g/mol. The van der Waals surface area contributed by atoms with Gasteiger partial charge in [-0.3, -0.25) is 4.79 Å². The molecule has 0 bridgehead atoms. The lowest BCUT2D eigenvalue weighted by atomic mass is 10.1. The predicted molar refractivity (Wildman–Crippen MR) is 67.8 cm³/mol. The number of carboxylic acid groups (broad SMARTS) is 1. The van der Waals surface area contributed by atoms with E-state index in [-0.39, 0.29) is 18.4 Å². The van der Waals surface area contributed by atoms with Gasteiger partial charge in [0.15, 0.2) is 6.04 Å². The average Bonchev–Trinajstić information content (AvgIpc) is 2.34. The molecule has 1 aromatic carbocycles. The van der Waals surface area contributed by atoms with E-state index in [2.05, 4.69) is 5.32 Å². The van der Waals surface area contributed by atoms with Crippen LogP contribution in [0.2, 0.25) is 0 Å². The van der Waals surface area contributed by atoms with Crippen molar-refractivity contribution in [2.75, 3.05) is 0 Å². The molecule has 1 amide bonds. The van der Waals surface area contributed by atoms with Crippen LogP contribution in [0.1, 0.15) is 31.4 Å². The molecular weight excluding hydrogens is 232 g/mol. The van der Waals surface area contributed by atoms with Gasteiger partial charge in [-0.05, 0) is 18.9 Å². The maximum atomic E-state index is 11.6. The number of benzene rings is 1. The van der Waals surface area contributed by atoms with Gasteiger partial charge in [0.1, 0.15) is 0 Å². The van der Waals surface area contributed by atoms with Gasteiger partial charge in [-0.25, -0.2) is 4.79 Å². The summed E-state index contributed by atoms with van der Waals surface area (Å²) in [6, 6.07) is 7.52. The molecule has 0 fully saturated rings. The zero-order valence-electron chi connectivity index (χ0n) is 10.3. The van der Waals surface area contributed by atoms with Gasteiger partial charge in [-0.2, -0.15) is 0 Å². The zero-order chi connectivity index (χ0) is 13.5. The molecule has 0 aromatic heterocycles. The first-order valence-electron chi connectivity index (χ1n) is 5.83. The van der Waals surface area contributed by atoms with Crippen molar-refractivity contribution < 1.29 is 14.7 Å². The molecule has 5 nitrogen and oxygen atoms in total. The van der Waals surface area contributed by atoms with E-state index in [4.69, 9.17) is 10.8 Å². The van der Waals surface area contributed by atoms with E-state index in [1.54, 1.807) is 37.3 Å². The zero-order valence-corrected chi connectivity index (χ0v) is 10.3. The van der Waals surface area contributed by atoms with Crippen molar-refractivity contribution in [1.82, 2.24) is 5.32 Å². The molecule has 2 atom stereocenters. The lowest BCUT2D eigenvalue weighted by Gasteiger charge is -2.15. The Morgan fingerprint density at radius 1 is 1.33 bits per heavy atom. The van der Waals surface area contributed by atoms with E-state index in [9.17, 15) is 9.59 Å². The van der Waals surface area contributed by atoms with Crippen LogP contribution in [-0.4, -0.2) is 23.0 Å². The van der Waals surface area contributed by atoms with Crippen molar-refractivity contribution in [1.29, 1.82) is 0 Å². The number of carbonyl (C=O) groups excluding carboxylic acids is 1. The van der Waals surface area contributed by atoms with Crippen LogP contribution in [0.15, 0.2) is 30.3 Å². The number of hydrogen-bond donors (Lipinski definition) is 3. The topological polar surface area (TPSA) is 92.4 Å². The fourth-order valence-corrected chi connectivity index (χ4v) is 1.53. The third-order valence-corrected chi connectivity index (χ3v) is 2.51. The molecule has 18 heavy (non-hydrogen) atoms. The maximum absolute atomic E-state index is 11.6. The third kappa shape index (κ3) is 4.55. The minimum Gasteiger partial charge on any atom is -0.479 e. The molecule has 0 saturated heterocycles. The van der Waals surface area contributed by atoms with Gasteiger partial charge in [0.2, 0.25) is 5.91 Å². The minimum atomic E-state index is -1.07. The van der Waals surface area contributed by atoms with E-state index in [1.807, 2.05) is 0 Å².